The standard InChI is InChI=1S/C21H23FN2O3S/c1-14-3-8-18(9-15(14)2)24-20-13-28(26,27)12-19(20)23(11-21(24)25)10-16-4-6-17(22)7-5-16/h3-9,19-20H,10-13H2,1-2H3. The number of benzene rings is 2. The topological polar surface area (TPSA) is 57.7 Å². The summed E-state index contributed by atoms with van der Waals surface area (Å²) in [5.41, 5.74) is 3.80. The average Bonchev–Trinajstić information content (AvgIpc) is 2.95. The lowest BCUT2D eigenvalue weighted by molar-refractivity contribution is -0.123. The zero-order valence-electron chi connectivity index (χ0n) is 15.9. The highest BCUT2D eigenvalue weighted by molar-refractivity contribution is 7.91. The summed E-state index contributed by atoms with van der Waals surface area (Å²) < 4.78 is 38.1. The minimum atomic E-state index is -3.24. The van der Waals surface area contributed by atoms with Gasteiger partial charge in [0.25, 0.3) is 0 Å². The fraction of sp³-hybridized carbons (Fsp3) is 0.381. The van der Waals surface area contributed by atoms with Crippen molar-refractivity contribution >= 4 is 21.4 Å². The highest BCUT2D eigenvalue weighted by Crippen LogP contribution is 2.33. The van der Waals surface area contributed by atoms with Crippen LogP contribution in [-0.2, 0) is 21.2 Å². The van der Waals surface area contributed by atoms with Crippen molar-refractivity contribution in [1.82, 2.24) is 4.90 Å². The molecule has 148 valence electrons. The van der Waals surface area contributed by atoms with E-state index in [4.69, 9.17) is 0 Å². The molecule has 4 rings (SSSR count). The molecule has 2 aliphatic heterocycles. The third kappa shape index (κ3) is 3.56. The molecule has 2 fully saturated rings. The molecule has 2 aromatic carbocycles. The Labute approximate surface area is 164 Å². The molecule has 0 aromatic heterocycles. The van der Waals surface area contributed by atoms with Gasteiger partial charge < -0.3 is 4.90 Å². The summed E-state index contributed by atoms with van der Waals surface area (Å²) >= 11 is 0. The number of sulfone groups is 1. The average molecular weight is 402 g/mol. The van der Waals surface area contributed by atoms with Gasteiger partial charge in [-0.25, -0.2) is 12.8 Å². The summed E-state index contributed by atoms with van der Waals surface area (Å²) in [7, 11) is -3.24. The van der Waals surface area contributed by atoms with Gasteiger partial charge >= 0.3 is 0 Å². The Morgan fingerprint density at radius 3 is 2.36 bits per heavy atom. The lowest BCUT2D eigenvalue weighted by Gasteiger charge is -2.43. The number of anilines is 1. The van der Waals surface area contributed by atoms with Crippen LogP contribution in [0.1, 0.15) is 16.7 Å². The van der Waals surface area contributed by atoms with E-state index in [2.05, 4.69) is 0 Å². The summed E-state index contributed by atoms with van der Waals surface area (Å²) in [5, 5.41) is 0. The molecule has 2 saturated heterocycles. The molecule has 28 heavy (non-hydrogen) atoms. The van der Waals surface area contributed by atoms with E-state index in [9.17, 15) is 17.6 Å². The zero-order valence-corrected chi connectivity index (χ0v) is 16.7. The van der Waals surface area contributed by atoms with Crippen molar-refractivity contribution in [3.8, 4) is 0 Å². The molecule has 5 nitrogen and oxygen atoms in total. The van der Waals surface area contributed by atoms with Gasteiger partial charge in [-0.05, 0) is 54.8 Å². The Kier molecular flexibility index (Phi) is 4.75. The van der Waals surface area contributed by atoms with Crippen molar-refractivity contribution in [1.29, 1.82) is 0 Å². The number of hydrogen-bond acceptors (Lipinski definition) is 4. The smallest absolute Gasteiger partial charge is 0.241 e. The predicted octanol–water partition coefficient (Wildman–Crippen LogP) is 2.46. The van der Waals surface area contributed by atoms with Gasteiger partial charge in [0.2, 0.25) is 5.91 Å². The lowest BCUT2D eigenvalue weighted by atomic mass is 10.0. The predicted molar refractivity (Wildman–Crippen MR) is 106 cm³/mol. The van der Waals surface area contributed by atoms with Crippen LogP contribution in [0.4, 0.5) is 10.1 Å². The Morgan fingerprint density at radius 2 is 1.68 bits per heavy atom. The maximum absolute atomic E-state index is 13.2. The normalized spacial score (nSPS) is 24.4. The Balaban J connectivity index is 1.67. The zero-order chi connectivity index (χ0) is 20.1. The molecule has 1 amide bonds. The van der Waals surface area contributed by atoms with Crippen molar-refractivity contribution in [2.45, 2.75) is 32.5 Å². The first-order valence-electron chi connectivity index (χ1n) is 9.32. The van der Waals surface area contributed by atoms with Gasteiger partial charge in [-0.3, -0.25) is 9.69 Å². The van der Waals surface area contributed by atoms with Gasteiger partial charge in [0, 0.05) is 18.3 Å². The van der Waals surface area contributed by atoms with E-state index < -0.39 is 15.9 Å². The van der Waals surface area contributed by atoms with Gasteiger partial charge in [0.15, 0.2) is 9.84 Å². The second kappa shape index (κ2) is 6.97. The Hall–Kier alpha value is -2.25. The first kappa shape index (κ1) is 19.1. The maximum Gasteiger partial charge on any atom is 0.241 e. The number of hydrogen-bond donors (Lipinski definition) is 0. The van der Waals surface area contributed by atoms with Gasteiger partial charge in [-0.1, -0.05) is 18.2 Å². The molecular weight excluding hydrogens is 379 g/mol. The lowest BCUT2D eigenvalue weighted by Crippen LogP contribution is -2.61. The van der Waals surface area contributed by atoms with Crippen LogP contribution in [0, 0.1) is 19.7 Å². The highest BCUT2D eigenvalue weighted by atomic mass is 32.2. The van der Waals surface area contributed by atoms with E-state index >= 15 is 0 Å². The van der Waals surface area contributed by atoms with E-state index in [1.54, 1.807) is 17.0 Å². The second-order valence-electron chi connectivity index (χ2n) is 7.78. The molecule has 2 atom stereocenters. The van der Waals surface area contributed by atoms with Crippen molar-refractivity contribution < 1.29 is 17.6 Å². The molecule has 0 N–H and O–H groups in total. The molecule has 0 aliphatic carbocycles. The summed E-state index contributed by atoms with van der Waals surface area (Å²) in [6, 6.07) is 11.2. The van der Waals surface area contributed by atoms with Crippen molar-refractivity contribution in [2.75, 3.05) is 23.0 Å². The third-order valence-electron chi connectivity index (χ3n) is 5.77. The highest BCUT2D eigenvalue weighted by Gasteiger charge is 2.49. The number of rotatable bonds is 3. The van der Waals surface area contributed by atoms with Crippen LogP contribution in [0.15, 0.2) is 42.5 Å². The third-order valence-corrected chi connectivity index (χ3v) is 7.47. The SMILES string of the molecule is Cc1ccc(N2C(=O)CN(Cc3ccc(F)cc3)C3CS(=O)(=O)CC32)cc1C. The van der Waals surface area contributed by atoms with Crippen LogP contribution in [0.25, 0.3) is 0 Å². The Morgan fingerprint density at radius 1 is 1.00 bits per heavy atom. The number of carbonyl (C=O) groups is 1. The van der Waals surface area contributed by atoms with E-state index in [-0.39, 0.29) is 35.8 Å². The number of piperazine rings is 1. The summed E-state index contributed by atoms with van der Waals surface area (Å²) in [6.45, 7) is 4.55. The van der Waals surface area contributed by atoms with Crippen molar-refractivity contribution in [3.05, 3.63) is 65.0 Å². The van der Waals surface area contributed by atoms with Crippen LogP contribution in [0.5, 0.6) is 0 Å². The van der Waals surface area contributed by atoms with Crippen LogP contribution in [-0.4, -0.2) is 49.4 Å². The number of halogens is 1. The molecule has 2 aliphatic rings. The van der Waals surface area contributed by atoms with Crippen molar-refractivity contribution in [2.24, 2.45) is 0 Å². The van der Waals surface area contributed by atoms with Crippen LogP contribution in [0.2, 0.25) is 0 Å². The van der Waals surface area contributed by atoms with Gasteiger partial charge in [-0.2, -0.15) is 0 Å². The quantitative estimate of drug-likeness (QED) is 0.791. The monoisotopic (exact) mass is 402 g/mol. The number of nitrogens with zero attached hydrogens (tertiary/aromatic N) is 2. The van der Waals surface area contributed by atoms with Gasteiger partial charge in [0.1, 0.15) is 5.82 Å². The fourth-order valence-electron chi connectivity index (χ4n) is 4.17. The molecule has 2 heterocycles. The number of aryl methyl sites for hydroxylation is 2. The van der Waals surface area contributed by atoms with E-state index in [0.29, 0.717) is 6.54 Å². The molecular formula is C21H23FN2O3S. The minimum Gasteiger partial charge on any atom is -0.306 e. The number of fused-ring (bicyclic) bond motifs is 1. The van der Waals surface area contributed by atoms with Crippen LogP contribution >= 0.6 is 0 Å². The van der Waals surface area contributed by atoms with E-state index in [1.807, 2.05) is 36.9 Å². The maximum atomic E-state index is 13.2. The molecule has 0 spiro atoms. The number of amides is 1. The molecule has 2 aromatic rings. The molecule has 7 heteroatoms. The Bertz CT molecular complexity index is 1020. The van der Waals surface area contributed by atoms with Crippen LogP contribution < -0.4 is 4.90 Å². The second-order valence-corrected chi connectivity index (χ2v) is 9.93. The van der Waals surface area contributed by atoms with E-state index in [0.717, 1.165) is 22.4 Å². The van der Waals surface area contributed by atoms with E-state index in [1.165, 1.54) is 12.1 Å². The molecule has 0 radical (unpaired) electrons. The molecule has 0 saturated carbocycles. The minimum absolute atomic E-state index is 0.0315. The molecule has 2 unspecified atom stereocenters. The van der Waals surface area contributed by atoms with Gasteiger partial charge in [-0.15, -0.1) is 0 Å². The fourth-order valence-corrected chi connectivity index (χ4v) is 6.15. The summed E-state index contributed by atoms with van der Waals surface area (Å²) in [6.07, 6.45) is 0. The first-order valence-corrected chi connectivity index (χ1v) is 11.1. The van der Waals surface area contributed by atoms with Crippen molar-refractivity contribution in [3.63, 3.8) is 0 Å². The first-order chi connectivity index (χ1) is 13.2. The van der Waals surface area contributed by atoms with Crippen LogP contribution in [0.3, 0.4) is 0 Å². The number of carbonyl (C=O) groups excluding carboxylic acids is 1. The summed E-state index contributed by atoms with van der Waals surface area (Å²) in [5.74, 6) is -0.423. The summed E-state index contributed by atoms with van der Waals surface area (Å²) in [4.78, 5) is 16.6. The van der Waals surface area contributed by atoms with Gasteiger partial charge in [0.05, 0.1) is 24.1 Å². The molecule has 0 bridgehead atoms. The largest absolute Gasteiger partial charge is 0.306 e.